The van der Waals surface area contributed by atoms with E-state index in [1.165, 1.54) is 42.5 Å². The smallest absolute Gasteiger partial charge is 0.351 e. The summed E-state index contributed by atoms with van der Waals surface area (Å²) >= 11 is 6.08. The molecule has 63 heavy (non-hydrogen) atoms. The van der Waals surface area contributed by atoms with Gasteiger partial charge in [-0.15, -0.1) is 10.2 Å². The van der Waals surface area contributed by atoms with Crippen molar-refractivity contribution in [1.29, 1.82) is 0 Å². The number of nitrogens with zero attached hydrogens (tertiary/aromatic N) is 5. The number of carbonyl (C=O) groups is 1. The van der Waals surface area contributed by atoms with E-state index < -0.39 is 100 Å². The molecule has 0 spiro atoms. The molecule has 318 valence electrons. The minimum Gasteiger partial charge on any atom is -0.351 e. The summed E-state index contributed by atoms with van der Waals surface area (Å²) in [5.41, 5.74) is 4.55. The minimum atomic E-state index is -5.23. The Hall–Kier alpha value is -1.54. The minimum absolute atomic E-state index is 0. The molecule has 35 heteroatoms. The Balaban J connectivity index is 0.00000496. The van der Waals surface area contributed by atoms with E-state index in [9.17, 15) is 60.5 Å². The number of carbonyl (C=O) groups excluding carboxylic acids is 1. The second-order valence-corrected chi connectivity index (χ2v) is 19.1. The van der Waals surface area contributed by atoms with E-state index >= 15 is 0 Å². The topological polar surface area (TPSA) is 403 Å². The van der Waals surface area contributed by atoms with Gasteiger partial charge in [0.1, 0.15) is 21.2 Å². The Labute approximate surface area is 451 Å². The van der Waals surface area contributed by atoms with Crippen molar-refractivity contribution in [3.8, 4) is 0 Å². The fraction of sp³-hybridized carbons (Fsp3) is 0.0714. The zero-order valence-electron chi connectivity index (χ0n) is 32.7. The fourth-order valence-corrected chi connectivity index (χ4v) is 8.48. The molecule has 0 bridgehead atoms. The Kier molecular flexibility index (Phi) is 22.1. The molecule has 0 fully saturated rings. The molecule has 0 aliphatic carbocycles. The fourth-order valence-electron chi connectivity index (χ4n) is 4.84. The molecule has 0 aliphatic heterocycles. The molecule has 0 aliphatic rings. The van der Waals surface area contributed by atoms with Crippen LogP contribution >= 0.6 is 11.6 Å². The summed E-state index contributed by atoms with van der Waals surface area (Å²) in [6, 6.07) is 10.0. The van der Waals surface area contributed by atoms with E-state index in [-0.39, 0.29) is 163 Å². The number of rotatable bonds is 15. The van der Waals surface area contributed by atoms with E-state index in [4.69, 9.17) is 21.9 Å². The average Bonchev–Trinajstić information content (AvgIpc) is 3.08. The number of anilines is 5. The molecule has 2 amide bonds. The monoisotopic (exact) mass is 1030 g/mol. The summed E-state index contributed by atoms with van der Waals surface area (Å²) in [5.74, 6) is -1.10. The SMILES string of the molecule is NC(=O)Nc1cc(Nc2nc(Cl)nc(Nc3ccc(S(=O)(=O)CCOS(=O)(=O)O)cc3)n2)ccc1N=Nc1cc2c(S(=O)(=O)O)cc(S(=O)(=O)O)cc2cc1S(=O)(=O)O.[Na].[Na].[Na].[Na]. The molecule has 0 atom stereocenters. The molecule has 0 saturated heterocycles. The maximum Gasteiger partial charge on any atom is 0.397 e. The summed E-state index contributed by atoms with van der Waals surface area (Å²) in [7, 11) is -24.4. The van der Waals surface area contributed by atoms with Crippen LogP contribution < -0.4 is 21.7 Å². The second-order valence-electron chi connectivity index (χ2n) is 11.4. The van der Waals surface area contributed by atoms with E-state index in [1.54, 1.807) is 0 Å². The summed E-state index contributed by atoms with van der Waals surface area (Å²) in [4.78, 5) is 20.6. The van der Waals surface area contributed by atoms with E-state index in [1.807, 2.05) is 0 Å². The van der Waals surface area contributed by atoms with E-state index in [2.05, 4.69) is 45.3 Å². The van der Waals surface area contributed by atoms with Crippen molar-refractivity contribution < 1.29 is 69.3 Å². The quantitative estimate of drug-likeness (QED) is 0.0421. The third-order valence-electron chi connectivity index (χ3n) is 7.26. The van der Waals surface area contributed by atoms with Gasteiger partial charge in [0.2, 0.25) is 17.2 Å². The first-order chi connectivity index (χ1) is 27.2. The molecule has 1 aromatic heterocycles. The maximum absolute atomic E-state index is 12.5. The van der Waals surface area contributed by atoms with Gasteiger partial charge >= 0.3 is 16.4 Å². The number of primary amides is 1. The third-order valence-corrected chi connectivity index (χ3v) is 12.2. The molecule has 4 aromatic carbocycles. The predicted molar refractivity (Wildman–Crippen MR) is 228 cm³/mol. The normalized spacial score (nSPS) is 12.0. The first-order valence-electron chi connectivity index (χ1n) is 15.2. The molecule has 0 unspecified atom stereocenters. The average molecular weight is 1030 g/mol. The van der Waals surface area contributed by atoms with Crippen molar-refractivity contribution in [2.24, 2.45) is 16.0 Å². The van der Waals surface area contributed by atoms with Crippen LogP contribution in [0.4, 0.5) is 45.1 Å². The summed E-state index contributed by atoms with van der Waals surface area (Å²) < 4.78 is 161. The molecule has 25 nitrogen and oxygen atoms in total. The Bertz CT molecular complexity index is 3140. The predicted octanol–water partition coefficient (Wildman–Crippen LogP) is 1.88. The number of nitrogens with two attached hydrogens (primary N) is 1. The standard InChI is InChI=1S/C28H24ClN9O16S5.4Na/c29-25-34-27(31-15-1-4-17(5-2-15)55(40,41)8-7-54-59(51,52)53)36-28(35-25)32-16-3-6-20(21(11-16)33-26(30)39)37-38-22-13-19-14(10-24(22)58(48,49)50)9-18(56(42,43)44)12-23(19)57(45,46)47;;;;/h1-6,9-13H,7-8H2,(H3,30,33,39)(H,42,43,44)(H,45,46,47)(H,48,49,50)(H,51,52,53)(H2,31,32,34,35,36);;;;. The van der Waals surface area contributed by atoms with Crippen LogP contribution in [0.15, 0.2) is 96.5 Å². The van der Waals surface area contributed by atoms with Crippen molar-refractivity contribution in [3.05, 3.63) is 72.0 Å². The van der Waals surface area contributed by atoms with Crippen LogP contribution in [0.2, 0.25) is 5.28 Å². The molecule has 1 heterocycles. The molecule has 0 saturated carbocycles. The van der Waals surface area contributed by atoms with Gasteiger partial charge in [-0.2, -0.15) is 48.6 Å². The summed E-state index contributed by atoms with van der Waals surface area (Å²) in [6.45, 7) is -0.828. The van der Waals surface area contributed by atoms with Gasteiger partial charge < -0.3 is 21.7 Å². The number of aromatic nitrogens is 3. The van der Waals surface area contributed by atoms with Gasteiger partial charge in [0.05, 0.1) is 27.8 Å². The number of amides is 2. The molecular weight excluding hydrogens is 1010 g/mol. The first-order valence-corrected chi connectivity index (χ1v) is 23.0. The van der Waals surface area contributed by atoms with Crippen molar-refractivity contribution >= 4 is 238 Å². The van der Waals surface area contributed by atoms with Crippen molar-refractivity contribution in [1.82, 2.24) is 15.0 Å². The largest absolute Gasteiger partial charge is 0.397 e. The second kappa shape index (κ2) is 23.5. The van der Waals surface area contributed by atoms with Gasteiger partial charge in [-0.25, -0.2) is 17.4 Å². The zero-order chi connectivity index (χ0) is 43.7. The molecular formula is C28H24ClN9Na4O16S5. The van der Waals surface area contributed by atoms with Crippen molar-refractivity contribution in [2.75, 3.05) is 28.3 Å². The van der Waals surface area contributed by atoms with Gasteiger partial charge in [-0.05, 0) is 83.7 Å². The molecule has 5 aromatic rings. The van der Waals surface area contributed by atoms with Crippen LogP contribution in [-0.4, -0.2) is 212 Å². The summed E-state index contributed by atoms with van der Waals surface area (Å²) in [5, 5.41) is 14.1. The van der Waals surface area contributed by atoms with Crippen molar-refractivity contribution in [3.63, 3.8) is 0 Å². The van der Waals surface area contributed by atoms with Crippen LogP contribution in [0.5, 0.6) is 0 Å². The number of hydrogen-bond acceptors (Lipinski definition) is 19. The number of halogens is 1. The van der Waals surface area contributed by atoms with E-state index in [0.717, 1.165) is 6.07 Å². The molecule has 5 rings (SSSR count). The summed E-state index contributed by atoms with van der Waals surface area (Å²) in [6.07, 6.45) is 0. The van der Waals surface area contributed by atoms with Crippen LogP contribution in [0.3, 0.4) is 0 Å². The number of benzene rings is 4. The Morgan fingerprint density at radius 3 is 1.71 bits per heavy atom. The third kappa shape index (κ3) is 16.9. The zero-order valence-corrected chi connectivity index (χ0v) is 45.5. The first kappa shape index (κ1) is 59.5. The number of nitrogens with one attached hydrogen (secondary N) is 3. The van der Waals surface area contributed by atoms with Crippen LogP contribution in [0.1, 0.15) is 0 Å². The van der Waals surface area contributed by atoms with Gasteiger partial charge in [-0.1, -0.05) is 0 Å². The van der Waals surface area contributed by atoms with Gasteiger partial charge in [0, 0.05) is 135 Å². The Morgan fingerprint density at radius 2 is 1.19 bits per heavy atom. The maximum atomic E-state index is 12.5. The number of fused-ring (bicyclic) bond motifs is 1. The van der Waals surface area contributed by atoms with Gasteiger partial charge in [0.15, 0.2) is 9.84 Å². The van der Waals surface area contributed by atoms with E-state index in [0.29, 0.717) is 18.2 Å². The van der Waals surface area contributed by atoms with Crippen molar-refractivity contribution in [2.45, 2.75) is 19.6 Å². The molecule has 4 radical (unpaired) electrons. The van der Waals surface area contributed by atoms with Gasteiger partial charge in [-0.3, -0.25) is 18.2 Å². The number of azo groups is 1. The van der Waals surface area contributed by atoms with Crippen LogP contribution in [0, 0.1) is 0 Å². The number of urea groups is 1. The van der Waals surface area contributed by atoms with Crippen LogP contribution in [0.25, 0.3) is 10.8 Å². The molecule has 9 N–H and O–H groups in total. The number of sulfone groups is 1. The van der Waals surface area contributed by atoms with Gasteiger partial charge in [0.25, 0.3) is 30.4 Å². The number of hydrogen-bond donors (Lipinski definition) is 8. The Morgan fingerprint density at radius 1 is 0.651 bits per heavy atom. The van der Waals surface area contributed by atoms with Crippen LogP contribution in [-0.2, 0) is 54.8 Å².